The second kappa shape index (κ2) is 7.58. The lowest BCUT2D eigenvalue weighted by Gasteiger charge is -2.21. The van der Waals surface area contributed by atoms with Crippen LogP contribution in [0.3, 0.4) is 0 Å². The van der Waals surface area contributed by atoms with E-state index in [1.54, 1.807) is 18.2 Å². The molecule has 1 aromatic carbocycles. The molecule has 2 heterocycles. The van der Waals surface area contributed by atoms with Crippen molar-refractivity contribution in [2.24, 2.45) is 5.92 Å². The van der Waals surface area contributed by atoms with Gasteiger partial charge in [0.25, 0.3) is 5.56 Å². The summed E-state index contributed by atoms with van der Waals surface area (Å²) in [5, 5.41) is 6.04. The first kappa shape index (κ1) is 18.4. The van der Waals surface area contributed by atoms with Crippen LogP contribution in [-0.2, 0) is 11.2 Å². The predicted octanol–water partition coefficient (Wildman–Crippen LogP) is 3.06. The molecular formula is C21H23FN4O2. The second-order valence-electron chi connectivity index (χ2n) is 7.52. The van der Waals surface area contributed by atoms with Gasteiger partial charge in [-0.2, -0.15) is 0 Å². The Labute approximate surface area is 161 Å². The van der Waals surface area contributed by atoms with E-state index in [-0.39, 0.29) is 29.2 Å². The number of hydrogen-bond donors (Lipinski definition) is 2. The zero-order chi connectivity index (χ0) is 19.7. The fourth-order valence-corrected chi connectivity index (χ4v) is 3.90. The van der Waals surface area contributed by atoms with Crippen LogP contribution in [0.1, 0.15) is 48.7 Å². The van der Waals surface area contributed by atoms with E-state index in [0.717, 1.165) is 36.9 Å². The zero-order valence-corrected chi connectivity index (χ0v) is 15.7. The van der Waals surface area contributed by atoms with Gasteiger partial charge in [0.05, 0.1) is 11.7 Å². The monoisotopic (exact) mass is 382 g/mol. The third-order valence-electron chi connectivity index (χ3n) is 5.36. The van der Waals surface area contributed by atoms with Crippen LogP contribution in [-0.4, -0.2) is 20.5 Å². The molecule has 4 rings (SSSR count). The SMILES string of the molecule is Cc1cc2nc(C[C@H](NC(=O)C3CCCC3)c3ccc(F)cc3)cc(=O)n2[nH]1. The number of carbonyl (C=O) groups is 1. The van der Waals surface area contributed by atoms with Crippen molar-refractivity contribution in [3.8, 4) is 0 Å². The molecule has 0 radical (unpaired) electrons. The highest BCUT2D eigenvalue weighted by Gasteiger charge is 2.26. The summed E-state index contributed by atoms with van der Waals surface area (Å²) in [5.41, 5.74) is 2.56. The topological polar surface area (TPSA) is 79.3 Å². The van der Waals surface area contributed by atoms with Crippen molar-refractivity contribution < 1.29 is 9.18 Å². The minimum absolute atomic E-state index is 0.0158. The molecule has 1 aliphatic carbocycles. The molecule has 0 aliphatic heterocycles. The van der Waals surface area contributed by atoms with E-state index in [1.807, 2.05) is 6.92 Å². The average Bonchev–Trinajstić information content (AvgIpc) is 3.31. The highest BCUT2D eigenvalue weighted by molar-refractivity contribution is 5.79. The van der Waals surface area contributed by atoms with Gasteiger partial charge in [-0.1, -0.05) is 25.0 Å². The number of aryl methyl sites for hydroxylation is 1. The van der Waals surface area contributed by atoms with Crippen LogP contribution in [0.15, 0.2) is 41.2 Å². The van der Waals surface area contributed by atoms with Gasteiger partial charge in [0.15, 0.2) is 5.65 Å². The fraction of sp³-hybridized carbons (Fsp3) is 0.381. The average molecular weight is 382 g/mol. The highest BCUT2D eigenvalue weighted by Crippen LogP contribution is 2.26. The number of aromatic nitrogens is 3. The first-order chi connectivity index (χ1) is 13.5. The number of amides is 1. The lowest BCUT2D eigenvalue weighted by Crippen LogP contribution is -2.34. The molecular weight excluding hydrogens is 359 g/mol. The molecule has 1 saturated carbocycles. The number of halogens is 1. The van der Waals surface area contributed by atoms with Crippen molar-refractivity contribution in [2.45, 2.75) is 45.1 Å². The van der Waals surface area contributed by atoms with E-state index in [0.29, 0.717) is 17.8 Å². The van der Waals surface area contributed by atoms with E-state index >= 15 is 0 Å². The summed E-state index contributed by atoms with van der Waals surface area (Å²) in [7, 11) is 0. The van der Waals surface area contributed by atoms with E-state index in [4.69, 9.17) is 0 Å². The number of hydrogen-bond acceptors (Lipinski definition) is 3. The van der Waals surface area contributed by atoms with Gasteiger partial charge >= 0.3 is 0 Å². The minimum atomic E-state index is -0.372. The van der Waals surface area contributed by atoms with E-state index in [2.05, 4.69) is 15.4 Å². The predicted molar refractivity (Wildman–Crippen MR) is 103 cm³/mol. The number of H-pyrrole nitrogens is 1. The zero-order valence-electron chi connectivity index (χ0n) is 15.7. The van der Waals surface area contributed by atoms with E-state index < -0.39 is 0 Å². The summed E-state index contributed by atoms with van der Waals surface area (Å²) in [4.78, 5) is 29.6. The molecule has 0 spiro atoms. The maximum absolute atomic E-state index is 13.4. The van der Waals surface area contributed by atoms with Gasteiger partial charge in [0.1, 0.15) is 5.82 Å². The van der Waals surface area contributed by atoms with Crippen molar-refractivity contribution in [3.05, 3.63) is 69.5 Å². The van der Waals surface area contributed by atoms with Gasteiger partial charge < -0.3 is 5.32 Å². The molecule has 2 aromatic heterocycles. The van der Waals surface area contributed by atoms with Crippen LogP contribution in [0.2, 0.25) is 0 Å². The Hall–Kier alpha value is -2.96. The van der Waals surface area contributed by atoms with Crippen molar-refractivity contribution in [1.29, 1.82) is 0 Å². The van der Waals surface area contributed by atoms with Crippen molar-refractivity contribution in [2.75, 3.05) is 0 Å². The standard InChI is InChI=1S/C21H23FN4O2/c1-13-10-19-23-17(12-20(27)26(19)25-13)11-18(14-6-8-16(22)9-7-14)24-21(28)15-4-2-3-5-15/h6-10,12,15,18,25H,2-5,11H2,1H3,(H,24,28)/t18-/m0/s1. The molecule has 28 heavy (non-hydrogen) atoms. The van der Waals surface area contributed by atoms with E-state index in [9.17, 15) is 14.0 Å². The van der Waals surface area contributed by atoms with Crippen LogP contribution in [0.5, 0.6) is 0 Å². The van der Waals surface area contributed by atoms with Gasteiger partial charge in [0, 0.05) is 30.2 Å². The summed E-state index contributed by atoms with van der Waals surface area (Å²) in [6, 6.07) is 9.00. The molecule has 0 saturated heterocycles. The fourth-order valence-electron chi connectivity index (χ4n) is 3.90. The highest BCUT2D eigenvalue weighted by atomic mass is 19.1. The maximum Gasteiger partial charge on any atom is 0.272 e. The number of rotatable bonds is 5. The van der Waals surface area contributed by atoms with Crippen molar-refractivity contribution in [1.82, 2.24) is 19.9 Å². The molecule has 1 amide bonds. The molecule has 2 N–H and O–H groups in total. The summed E-state index contributed by atoms with van der Waals surface area (Å²) in [6.45, 7) is 1.86. The Morgan fingerprint density at radius 1 is 1.29 bits per heavy atom. The summed E-state index contributed by atoms with van der Waals surface area (Å²) >= 11 is 0. The lowest BCUT2D eigenvalue weighted by molar-refractivity contribution is -0.125. The van der Waals surface area contributed by atoms with Crippen molar-refractivity contribution >= 4 is 11.6 Å². The quantitative estimate of drug-likeness (QED) is 0.712. The normalized spacial score (nSPS) is 15.8. The number of carbonyl (C=O) groups excluding carboxylic acids is 1. The third-order valence-corrected chi connectivity index (χ3v) is 5.36. The number of nitrogens with one attached hydrogen (secondary N) is 2. The summed E-state index contributed by atoms with van der Waals surface area (Å²) in [5.74, 6) is -0.288. The Balaban J connectivity index is 1.63. The number of fused-ring (bicyclic) bond motifs is 1. The lowest BCUT2D eigenvalue weighted by atomic mass is 9.99. The third kappa shape index (κ3) is 3.83. The largest absolute Gasteiger partial charge is 0.349 e. The molecule has 7 heteroatoms. The molecule has 6 nitrogen and oxygen atoms in total. The molecule has 146 valence electrons. The van der Waals surface area contributed by atoms with Gasteiger partial charge in [-0.25, -0.2) is 13.9 Å². The Kier molecular flexibility index (Phi) is 4.98. The molecule has 1 atom stereocenters. The first-order valence-corrected chi connectivity index (χ1v) is 9.64. The Bertz CT molecular complexity index is 1050. The Morgan fingerprint density at radius 3 is 2.71 bits per heavy atom. The number of benzene rings is 1. The van der Waals surface area contributed by atoms with Gasteiger partial charge in [-0.15, -0.1) is 0 Å². The molecule has 1 aliphatic rings. The van der Waals surface area contributed by atoms with Crippen LogP contribution < -0.4 is 10.9 Å². The molecule has 1 fully saturated rings. The smallest absolute Gasteiger partial charge is 0.272 e. The number of aromatic amines is 1. The minimum Gasteiger partial charge on any atom is -0.349 e. The number of nitrogens with zero attached hydrogens (tertiary/aromatic N) is 2. The second-order valence-corrected chi connectivity index (χ2v) is 7.52. The summed E-state index contributed by atoms with van der Waals surface area (Å²) < 4.78 is 14.8. The van der Waals surface area contributed by atoms with Gasteiger partial charge in [-0.05, 0) is 37.5 Å². The van der Waals surface area contributed by atoms with Gasteiger partial charge in [-0.3, -0.25) is 14.7 Å². The van der Waals surface area contributed by atoms with Gasteiger partial charge in [0.2, 0.25) is 5.91 Å². The van der Waals surface area contributed by atoms with Crippen LogP contribution in [0.4, 0.5) is 4.39 Å². The Morgan fingerprint density at radius 2 is 2.00 bits per heavy atom. The molecule has 0 unspecified atom stereocenters. The van der Waals surface area contributed by atoms with Crippen LogP contribution >= 0.6 is 0 Å². The summed E-state index contributed by atoms with van der Waals surface area (Å²) in [6.07, 6.45) is 4.30. The maximum atomic E-state index is 13.4. The van der Waals surface area contributed by atoms with Crippen molar-refractivity contribution in [3.63, 3.8) is 0 Å². The van der Waals surface area contributed by atoms with Crippen LogP contribution in [0, 0.1) is 18.7 Å². The first-order valence-electron chi connectivity index (χ1n) is 9.64. The molecule has 3 aromatic rings. The van der Waals surface area contributed by atoms with E-state index in [1.165, 1.54) is 22.7 Å². The molecule has 0 bridgehead atoms. The van der Waals surface area contributed by atoms with Crippen LogP contribution in [0.25, 0.3) is 5.65 Å².